The molecule has 1 aliphatic carbocycles. The summed E-state index contributed by atoms with van der Waals surface area (Å²) in [5.41, 5.74) is 0. The Labute approximate surface area is 69.0 Å². The van der Waals surface area contributed by atoms with Crippen molar-refractivity contribution in [2.24, 2.45) is 5.92 Å². The lowest BCUT2D eigenvalue weighted by atomic mass is 9.86. The maximum absolute atomic E-state index is 6.03. The van der Waals surface area contributed by atoms with E-state index in [0.29, 0.717) is 5.38 Å². The molecule has 0 aromatic carbocycles. The summed E-state index contributed by atoms with van der Waals surface area (Å²) in [6.45, 7) is 3.86. The van der Waals surface area contributed by atoms with Crippen molar-refractivity contribution in [1.29, 1.82) is 0 Å². The van der Waals surface area contributed by atoms with E-state index in [1.54, 1.807) is 0 Å². The molecule has 0 aliphatic heterocycles. The van der Waals surface area contributed by atoms with Crippen LogP contribution >= 0.6 is 11.6 Å². The van der Waals surface area contributed by atoms with Crippen molar-refractivity contribution >= 4 is 11.6 Å². The molecule has 10 heavy (non-hydrogen) atoms. The number of rotatable bonds is 2. The van der Waals surface area contributed by atoms with Crippen molar-refractivity contribution in [3.05, 3.63) is 6.92 Å². The van der Waals surface area contributed by atoms with E-state index >= 15 is 0 Å². The van der Waals surface area contributed by atoms with Gasteiger partial charge in [0.05, 0.1) is 0 Å². The molecule has 2 unspecified atom stereocenters. The molecule has 1 fully saturated rings. The molecule has 0 nitrogen and oxygen atoms in total. The van der Waals surface area contributed by atoms with Crippen LogP contribution in [0, 0.1) is 12.8 Å². The van der Waals surface area contributed by atoms with Gasteiger partial charge in [-0.1, -0.05) is 32.6 Å². The smallest absolute Gasteiger partial charge is 0.0338 e. The van der Waals surface area contributed by atoms with Crippen LogP contribution in [0.4, 0.5) is 0 Å². The number of halogens is 1. The maximum Gasteiger partial charge on any atom is 0.0338 e. The lowest BCUT2D eigenvalue weighted by molar-refractivity contribution is 0.345. The molecule has 1 radical (unpaired) electrons. The first-order valence-corrected chi connectivity index (χ1v) is 4.70. The maximum atomic E-state index is 6.03. The van der Waals surface area contributed by atoms with Gasteiger partial charge in [-0.2, -0.15) is 0 Å². The van der Waals surface area contributed by atoms with Gasteiger partial charge in [0.15, 0.2) is 0 Å². The topological polar surface area (TPSA) is 0 Å². The molecule has 0 aromatic rings. The minimum absolute atomic E-state index is 0.463. The van der Waals surface area contributed by atoms with Crippen molar-refractivity contribution in [1.82, 2.24) is 0 Å². The van der Waals surface area contributed by atoms with Gasteiger partial charge >= 0.3 is 0 Å². The van der Waals surface area contributed by atoms with E-state index in [0.717, 1.165) is 12.3 Å². The Balaban J connectivity index is 2.18. The van der Waals surface area contributed by atoms with Crippen LogP contribution in [0.2, 0.25) is 0 Å². The summed E-state index contributed by atoms with van der Waals surface area (Å²) in [5, 5.41) is 0.463. The zero-order valence-electron chi connectivity index (χ0n) is 6.48. The second kappa shape index (κ2) is 4.23. The standard InChI is InChI=1S/C9H16Cl/c1-2-4-8-5-3-6-9(10)7-8/h8-9H,1-7H2. The van der Waals surface area contributed by atoms with Crippen LogP contribution in [0.25, 0.3) is 0 Å². The van der Waals surface area contributed by atoms with Crippen LogP contribution in [0.5, 0.6) is 0 Å². The van der Waals surface area contributed by atoms with Gasteiger partial charge in [-0.3, -0.25) is 0 Å². The molecule has 1 saturated carbocycles. The number of hydrogen-bond acceptors (Lipinski definition) is 0. The van der Waals surface area contributed by atoms with E-state index in [4.69, 9.17) is 11.6 Å². The van der Waals surface area contributed by atoms with Crippen LogP contribution in [-0.2, 0) is 0 Å². The molecule has 0 amide bonds. The highest BCUT2D eigenvalue weighted by Crippen LogP contribution is 2.30. The zero-order chi connectivity index (χ0) is 7.40. The monoisotopic (exact) mass is 159 g/mol. The second-order valence-corrected chi connectivity index (χ2v) is 3.89. The fourth-order valence-electron chi connectivity index (χ4n) is 1.78. The summed E-state index contributed by atoms with van der Waals surface area (Å²) in [6, 6.07) is 0. The van der Waals surface area contributed by atoms with Gasteiger partial charge in [0, 0.05) is 5.38 Å². The van der Waals surface area contributed by atoms with E-state index in [2.05, 4.69) is 6.92 Å². The minimum Gasteiger partial charge on any atom is -0.123 e. The largest absolute Gasteiger partial charge is 0.123 e. The molecule has 2 atom stereocenters. The first kappa shape index (κ1) is 8.39. The van der Waals surface area contributed by atoms with Gasteiger partial charge in [-0.05, 0) is 18.8 Å². The van der Waals surface area contributed by atoms with Gasteiger partial charge in [-0.25, -0.2) is 0 Å². The van der Waals surface area contributed by atoms with Crippen molar-refractivity contribution < 1.29 is 0 Å². The third kappa shape index (κ3) is 2.49. The molecule has 0 aromatic heterocycles. The van der Waals surface area contributed by atoms with Gasteiger partial charge in [0.1, 0.15) is 0 Å². The molecule has 1 aliphatic rings. The Kier molecular flexibility index (Phi) is 3.55. The van der Waals surface area contributed by atoms with E-state index in [1.807, 2.05) is 0 Å². The third-order valence-corrected chi connectivity index (χ3v) is 2.73. The lowest BCUT2D eigenvalue weighted by Crippen LogP contribution is -2.14. The highest BCUT2D eigenvalue weighted by molar-refractivity contribution is 6.20. The summed E-state index contributed by atoms with van der Waals surface area (Å²) in [6.07, 6.45) is 7.54. The fourth-order valence-corrected chi connectivity index (χ4v) is 2.18. The molecular weight excluding hydrogens is 144 g/mol. The first-order valence-electron chi connectivity index (χ1n) is 4.26. The fraction of sp³-hybridized carbons (Fsp3) is 0.889. The van der Waals surface area contributed by atoms with Gasteiger partial charge in [0.25, 0.3) is 0 Å². The molecule has 0 saturated heterocycles. The van der Waals surface area contributed by atoms with Crippen molar-refractivity contribution in [2.75, 3.05) is 0 Å². The Hall–Kier alpha value is 0.290. The average molecular weight is 160 g/mol. The first-order chi connectivity index (χ1) is 4.83. The molecule has 0 bridgehead atoms. The van der Waals surface area contributed by atoms with E-state index < -0.39 is 0 Å². The van der Waals surface area contributed by atoms with Crippen LogP contribution in [0.1, 0.15) is 38.5 Å². The quantitative estimate of drug-likeness (QED) is 0.542. The summed E-state index contributed by atoms with van der Waals surface area (Å²) in [7, 11) is 0. The van der Waals surface area contributed by atoms with Gasteiger partial charge in [0.2, 0.25) is 0 Å². The van der Waals surface area contributed by atoms with E-state index in [1.165, 1.54) is 32.1 Å². The number of hydrogen-bond donors (Lipinski definition) is 0. The summed E-state index contributed by atoms with van der Waals surface area (Å²) in [4.78, 5) is 0. The molecule has 59 valence electrons. The molecular formula is C9H16Cl. The van der Waals surface area contributed by atoms with Crippen molar-refractivity contribution in [3.8, 4) is 0 Å². The Morgan fingerprint density at radius 3 is 2.80 bits per heavy atom. The Morgan fingerprint density at radius 1 is 1.40 bits per heavy atom. The SMILES string of the molecule is [CH2]CCC1CCCC(Cl)C1. The second-order valence-electron chi connectivity index (χ2n) is 3.27. The zero-order valence-corrected chi connectivity index (χ0v) is 7.24. The minimum atomic E-state index is 0.463. The normalized spacial score (nSPS) is 34.2. The highest BCUT2D eigenvalue weighted by atomic mass is 35.5. The molecule has 1 rings (SSSR count). The predicted octanol–water partition coefficient (Wildman–Crippen LogP) is 3.40. The van der Waals surface area contributed by atoms with Crippen LogP contribution in [-0.4, -0.2) is 5.38 Å². The molecule has 0 heterocycles. The van der Waals surface area contributed by atoms with Crippen molar-refractivity contribution in [3.63, 3.8) is 0 Å². The van der Waals surface area contributed by atoms with Gasteiger partial charge < -0.3 is 0 Å². The van der Waals surface area contributed by atoms with Crippen LogP contribution < -0.4 is 0 Å². The molecule has 0 N–H and O–H groups in total. The Bertz CT molecular complexity index is 88.7. The van der Waals surface area contributed by atoms with E-state index in [9.17, 15) is 0 Å². The van der Waals surface area contributed by atoms with Crippen LogP contribution in [0.3, 0.4) is 0 Å². The van der Waals surface area contributed by atoms with E-state index in [-0.39, 0.29) is 0 Å². The number of alkyl halides is 1. The van der Waals surface area contributed by atoms with Crippen LogP contribution in [0.15, 0.2) is 0 Å². The molecule has 0 spiro atoms. The molecule has 1 heteroatoms. The predicted molar refractivity (Wildman–Crippen MR) is 46.2 cm³/mol. The Morgan fingerprint density at radius 2 is 2.20 bits per heavy atom. The summed E-state index contributed by atoms with van der Waals surface area (Å²) < 4.78 is 0. The average Bonchev–Trinajstić information content (AvgIpc) is 1.88. The summed E-state index contributed by atoms with van der Waals surface area (Å²) in [5.74, 6) is 0.883. The lowest BCUT2D eigenvalue weighted by Gasteiger charge is -2.24. The van der Waals surface area contributed by atoms with Crippen molar-refractivity contribution in [2.45, 2.75) is 43.9 Å². The summed E-state index contributed by atoms with van der Waals surface area (Å²) >= 11 is 6.03. The highest BCUT2D eigenvalue weighted by Gasteiger charge is 2.18. The van der Waals surface area contributed by atoms with Gasteiger partial charge in [-0.15, -0.1) is 11.6 Å². The third-order valence-electron chi connectivity index (χ3n) is 2.33.